The van der Waals surface area contributed by atoms with E-state index in [0.29, 0.717) is 21.7 Å². The lowest BCUT2D eigenvalue weighted by Crippen LogP contribution is -2.29. The number of aromatic nitrogens is 1. The van der Waals surface area contributed by atoms with Crippen molar-refractivity contribution >= 4 is 49.2 Å². The van der Waals surface area contributed by atoms with Crippen LogP contribution in [0.5, 0.6) is 0 Å². The van der Waals surface area contributed by atoms with Crippen LogP contribution in [0, 0.1) is 10.1 Å². The maximum absolute atomic E-state index is 13.7. The summed E-state index contributed by atoms with van der Waals surface area (Å²) >= 11 is 1.33. The van der Waals surface area contributed by atoms with Gasteiger partial charge in [0.15, 0.2) is 10.6 Å². The van der Waals surface area contributed by atoms with Gasteiger partial charge in [-0.15, -0.1) is 0 Å². The van der Waals surface area contributed by atoms with Crippen molar-refractivity contribution in [2.45, 2.75) is 19.4 Å². The van der Waals surface area contributed by atoms with Crippen molar-refractivity contribution in [2.75, 3.05) is 4.90 Å². The number of nitro groups is 1. The first-order chi connectivity index (χ1) is 17.0. The van der Waals surface area contributed by atoms with Gasteiger partial charge in [0.2, 0.25) is 5.76 Å². The fourth-order valence-electron chi connectivity index (χ4n) is 4.52. The Kier molecular flexibility index (Phi) is 4.75. The fraction of sp³-hybridized carbons (Fsp3) is 0.115. The molecule has 5 aromatic rings. The summed E-state index contributed by atoms with van der Waals surface area (Å²) in [6.07, 6.45) is 0.860. The molecule has 172 valence electrons. The van der Waals surface area contributed by atoms with Gasteiger partial charge < -0.3 is 4.42 Å². The first-order valence-corrected chi connectivity index (χ1v) is 11.8. The number of amides is 1. The Morgan fingerprint density at radius 1 is 1.09 bits per heavy atom. The predicted octanol–water partition coefficient (Wildman–Crippen LogP) is 5.62. The van der Waals surface area contributed by atoms with Crippen LogP contribution < -0.4 is 10.3 Å². The molecule has 0 aliphatic carbocycles. The third-order valence-corrected chi connectivity index (χ3v) is 7.25. The van der Waals surface area contributed by atoms with E-state index in [4.69, 9.17) is 4.42 Å². The summed E-state index contributed by atoms with van der Waals surface area (Å²) < 4.78 is 6.85. The fourth-order valence-corrected chi connectivity index (χ4v) is 5.58. The van der Waals surface area contributed by atoms with E-state index in [9.17, 15) is 19.7 Å². The highest BCUT2D eigenvalue weighted by molar-refractivity contribution is 7.22. The lowest BCUT2D eigenvalue weighted by atomic mass is 9.98. The summed E-state index contributed by atoms with van der Waals surface area (Å²) in [5, 5.41) is 12.2. The Bertz CT molecular complexity index is 1740. The molecular formula is C26H17N3O5S. The van der Waals surface area contributed by atoms with Gasteiger partial charge in [-0.25, -0.2) is 4.98 Å². The number of fused-ring (bicyclic) bond motifs is 3. The number of carbonyl (C=O) groups excluding carboxylic acids is 1. The van der Waals surface area contributed by atoms with Crippen LogP contribution in [0.1, 0.15) is 40.2 Å². The van der Waals surface area contributed by atoms with Gasteiger partial charge in [-0.05, 0) is 41.8 Å². The van der Waals surface area contributed by atoms with Crippen LogP contribution in [0.4, 0.5) is 10.8 Å². The first-order valence-electron chi connectivity index (χ1n) is 11.0. The molecule has 0 bridgehead atoms. The van der Waals surface area contributed by atoms with Crippen molar-refractivity contribution in [2.24, 2.45) is 0 Å². The molecule has 1 aliphatic rings. The molecule has 0 saturated heterocycles. The number of hydrogen-bond donors (Lipinski definition) is 0. The number of benzene rings is 3. The minimum atomic E-state index is -0.913. The zero-order valence-electron chi connectivity index (χ0n) is 18.4. The smallest absolute Gasteiger partial charge is 0.297 e. The molecule has 0 radical (unpaired) electrons. The van der Waals surface area contributed by atoms with Crippen LogP contribution in [0.25, 0.3) is 21.2 Å². The maximum Gasteiger partial charge on any atom is 0.297 e. The molecule has 2 aromatic heterocycles. The summed E-state index contributed by atoms with van der Waals surface area (Å²) in [6, 6.07) is 17.7. The van der Waals surface area contributed by atoms with Crippen molar-refractivity contribution in [1.29, 1.82) is 0 Å². The van der Waals surface area contributed by atoms with Gasteiger partial charge in [-0.1, -0.05) is 48.6 Å². The molecule has 9 heteroatoms. The molecule has 1 atom stereocenters. The van der Waals surface area contributed by atoms with Gasteiger partial charge in [0.05, 0.1) is 32.1 Å². The Labute approximate surface area is 202 Å². The average Bonchev–Trinajstić information content (AvgIpc) is 3.42. The van der Waals surface area contributed by atoms with Gasteiger partial charge >= 0.3 is 0 Å². The molecule has 0 N–H and O–H groups in total. The number of nitro benzene ring substituents is 1. The topological polar surface area (TPSA) is 107 Å². The number of aryl methyl sites for hydroxylation is 1. The molecule has 3 aromatic carbocycles. The molecule has 6 rings (SSSR count). The van der Waals surface area contributed by atoms with E-state index in [1.807, 2.05) is 18.2 Å². The van der Waals surface area contributed by atoms with Crippen molar-refractivity contribution in [3.63, 3.8) is 0 Å². The quantitative estimate of drug-likeness (QED) is 0.242. The van der Waals surface area contributed by atoms with Gasteiger partial charge in [0.25, 0.3) is 11.6 Å². The largest absolute Gasteiger partial charge is 0.450 e. The second kappa shape index (κ2) is 7.85. The zero-order chi connectivity index (χ0) is 24.3. The summed E-state index contributed by atoms with van der Waals surface area (Å²) in [5.41, 5.74) is 2.29. The Hall–Kier alpha value is -4.37. The molecule has 1 unspecified atom stereocenters. The molecule has 0 saturated carbocycles. The van der Waals surface area contributed by atoms with Gasteiger partial charge in [-0.2, -0.15) is 0 Å². The third-order valence-electron chi connectivity index (χ3n) is 6.23. The van der Waals surface area contributed by atoms with Crippen molar-refractivity contribution < 1.29 is 14.1 Å². The van der Waals surface area contributed by atoms with E-state index in [1.54, 1.807) is 36.4 Å². The number of thiazole rings is 1. The Balaban J connectivity index is 1.63. The SMILES string of the molecule is CCc1ccc2nc(N3C(=O)c4oc5ccccc5c(=O)c4C3c3cccc([N+](=O)[O-])c3)sc2c1. The second-order valence-corrected chi connectivity index (χ2v) is 9.26. The first kappa shape index (κ1) is 21.2. The average molecular weight is 484 g/mol. The monoisotopic (exact) mass is 483 g/mol. The van der Waals surface area contributed by atoms with Crippen molar-refractivity contribution in [3.05, 3.63) is 110 Å². The van der Waals surface area contributed by atoms with Crippen molar-refractivity contribution in [3.8, 4) is 0 Å². The molecule has 35 heavy (non-hydrogen) atoms. The molecule has 3 heterocycles. The highest BCUT2D eigenvalue weighted by Gasteiger charge is 2.45. The minimum Gasteiger partial charge on any atom is -0.450 e. The minimum absolute atomic E-state index is 0.0706. The number of carbonyl (C=O) groups is 1. The van der Waals surface area contributed by atoms with Crippen molar-refractivity contribution in [1.82, 2.24) is 4.98 Å². The van der Waals surface area contributed by atoms with Crippen LogP contribution in [0.3, 0.4) is 0 Å². The molecule has 0 fully saturated rings. The molecule has 0 spiro atoms. The van der Waals surface area contributed by atoms with Gasteiger partial charge in [0, 0.05) is 12.1 Å². The summed E-state index contributed by atoms with van der Waals surface area (Å²) in [5.74, 6) is -0.576. The molecule has 1 aliphatic heterocycles. The molecular weight excluding hydrogens is 466 g/mol. The second-order valence-electron chi connectivity index (χ2n) is 8.25. The lowest BCUT2D eigenvalue weighted by molar-refractivity contribution is -0.384. The van der Waals surface area contributed by atoms with Crippen LogP contribution >= 0.6 is 11.3 Å². The predicted molar refractivity (Wildman–Crippen MR) is 133 cm³/mol. The number of hydrogen-bond acceptors (Lipinski definition) is 7. The van der Waals surface area contributed by atoms with E-state index in [0.717, 1.165) is 22.2 Å². The van der Waals surface area contributed by atoms with Crippen LogP contribution in [0.2, 0.25) is 0 Å². The number of non-ortho nitro benzene ring substituents is 1. The van der Waals surface area contributed by atoms with Crippen LogP contribution in [-0.4, -0.2) is 15.8 Å². The number of para-hydroxylation sites is 1. The number of anilines is 1. The van der Waals surface area contributed by atoms with E-state index in [1.165, 1.54) is 28.4 Å². The summed E-state index contributed by atoms with van der Waals surface area (Å²) in [4.78, 5) is 44.4. The van der Waals surface area contributed by atoms with Gasteiger partial charge in [-0.3, -0.25) is 24.6 Å². The van der Waals surface area contributed by atoms with Gasteiger partial charge in [0.1, 0.15) is 5.58 Å². The van der Waals surface area contributed by atoms with E-state index in [2.05, 4.69) is 11.9 Å². The van der Waals surface area contributed by atoms with E-state index >= 15 is 0 Å². The van der Waals surface area contributed by atoms with Crippen LogP contribution in [0.15, 0.2) is 75.9 Å². The van der Waals surface area contributed by atoms with E-state index < -0.39 is 16.9 Å². The van der Waals surface area contributed by atoms with E-state index in [-0.39, 0.29) is 22.4 Å². The summed E-state index contributed by atoms with van der Waals surface area (Å²) in [6.45, 7) is 2.06. The normalized spacial score (nSPS) is 15.2. The Morgan fingerprint density at radius 2 is 1.91 bits per heavy atom. The highest BCUT2D eigenvalue weighted by Crippen LogP contribution is 2.44. The number of nitrogens with zero attached hydrogens (tertiary/aromatic N) is 3. The van der Waals surface area contributed by atoms with Crippen LogP contribution in [-0.2, 0) is 6.42 Å². The zero-order valence-corrected chi connectivity index (χ0v) is 19.2. The molecule has 1 amide bonds. The lowest BCUT2D eigenvalue weighted by Gasteiger charge is -2.22. The standard InChI is InChI=1S/C26H17N3O5S/c1-2-14-10-11-18-20(12-14)35-26(27-18)28-22(15-6-5-7-16(13-15)29(32)33)21-23(30)17-8-3-4-9-19(17)34-24(21)25(28)31/h3-13,22H,2H2,1H3. The number of rotatable bonds is 4. The summed E-state index contributed by atoms with van der Waals surface area (Å²) in [7, 11) is 0. The molecule has 8 nitrogen and oxygen atoms in total. The maximum atomic E-state index is 13.7. The Morgan fingerprint density at radius 3 is 2.71 bits per heavy atom. The highest BCUT2D eigenvalue weighted by atomic mass is 32.1. The third kappa shape index (κ3) is 3.23.